The number of carbonyl (C=O) groups excluding carboxylic acids is 1. The Morgan fingerprint density at radius 1 is 1.31 bits per heavy atom. The highest BCUT2D eigenvalue weighted by atomic mass is 19.4. The third-order valence-electron chi connectivity index (χ3n) is 4.55. The first-order valence-electron chi connectivity index (χ1n) is 8.47. The summed E-state index contributed by atoms with van der Waals surface area (Å²) in [6, 6.07) is 2.50. The fraction of sp³-hybridized carbons (Fsp3) is 0.471. The first kappa shape index (κ1) is 18.2. The van der Waals surface area contributed by atoms with Gasteiger partial charge in [0.05, 0.1) is 6.20 Å². The van der Waals surface area contributed by atoms with Crippen LogP contribution >= 0.6 is 0 Å². The molecule has 0 radical (unpaired) electrons. The Kier molecular flexibility index (Phi) is 5.15. The molecule has 0 bridgehead atoms. The van der Waals surface area contributed by atoms with Gasteiger partial charge in [0.25, 0.3) is 5.91 Å². The average molecular weight is 368 g/mol. The summed E-state index contributed by atoms with van der Waals surface area (Å²) in [6.07, 6.45) is 2.33. The topological polar surface area (TPSA) is 79.8 Å². The minimum atomic E-state index is -4.69. The molecule has 1 amide bonds. The molecule has 2 heterocycles. The predicted octanol–water partition coefficient (Wildman–Crippen LogP) is 3.42. The third-order valence-corrected chi connectivity index (χ3v) is 4.55. The van der Waals surface area contributed by atoms with Crippen molar-refractivity contribution in [1.82, 2.24) is 14.8 Å². The zero-order valence-electron chi connectivity index (χ0n) is 14.0. The number of pyridine rings is 1. The van der Waals surface area contributed by atoms with Crippen molar-refractivity contribution in [2.75, 3.05) is 5.32 Å². The van der Waals surface area contributed by atoms with Crippen molar-refractivity contribution in [3.63, 3.8) is 0 Å². The maximum absolute atomic E-state index is 13.3. The fourth-order valence-corrected chi connectivity index (χ4v) is 3.30. The summed E-state index contributed by atoms with van der Waals surface area (Å²) in [5, 5.41) is 6.18. The number of amides is 1. The summed E-state index contributed by atoms with van der Waals surface area (Å²) in [6.45, 7) is 0.272. The van der Waals surface area contributed by atoms with Gasteiger partial charge in [0.2, 0.25) is 5.56 Å². The highest BCUT2D eigenvalue weighted by Gasteiger charge is 2.39. The Hall–Kier alpha value is -2.58. The second-order valence-corrected chi connectivity index (χ2v) is 6.49. The summed E-state index contributed by atoms with van der Waals surface area (Å²) in [4.78, 5) is 26.2. The number of H-pyrrole nitrogens is 1. The number of carbonyl (C=O) groups is 1. The van der Waals surface area contributed by atoms with E-state index in [1.165, 1.54) is 12.3 Å². The van der Waals surface area contributed by atoms with Gasteiger partial charge in [-0.15, -0.1) is 0 Å². The largest absolute Gasteiger partial charge is 0.420 e. The minimum absolute atomic E-state index is 0.122. The van der Waals surface area contributed by atoms with Crippen molar-refractivity contribution >= 4 is 11.6 Å². The Morgan fingerprint density at radius 3 is 2.69 bits per heavy atom. The maximum atomic E-state index is 13.3. The monoisotopic (exact) mass is 368 g/mol. The second kappa shape index (κ2) is 7.35. The zero-order chi connectivity index (χ0) is 18.7. The number of halogens is 3. The van der Waals surface area contributed by atoms with Crippen molar-refractivity contribution in [3.8, 4) is 0 Å². The molecule has 1 fully saturated rings. The molecule has 6 nitrogen and oxygen atoms in total. The van der Waals surface area contributed by atoms with Gasteiger partial charge in [-0.2, -0.15) is 18.3 Å². The summed E-state index contributed by atoms with van der Waals surface area (Å²) < 4.78 is 41.1. The van der Waals surface area contributed by atoms with Crippen molar-refractivity contribution in [3.05, 3.63) is 46.1 Å². The van der Waals surface area contributed by atoms with Crippen molar-refractivity contribution in [1.29, 1.82) is 0 Å². The van der Waals surface area contributed by atoms with E-state index >= 15 is 0 Å². The number of nitrogens with zero attached hydrogens (tertiary/aromatic N) is 2. The van der Waals surface area contributed by atoms with E-state index < -0.39 is 28.9 Å². The van der Waals surface area contributed by atoms with E-state index in [0.717, 1.165) is 42.9 Å². The van der Waals surface area contributed by atoms with Crippen LogP contribution in [-0.2, 0) is 12.7 Å². The Labute approximate surface area is 147 Å². The van der Waals surface area contributed by atoms with Crippen LogP contribution in [0.5, 0.6) is 0 Å². The highest BCUT2D eigenvalue weighted by Crippen LogP contribution is 2.33. The molecule has 0 aromatic carbocycles. The van der Waals surface area contributed by atoms with Gasteiger partial charge in [-0.1, -0.05) is 19.3 Å². The van der Waals surface area contributed by atoms with E-state index in [1.807, 2.05) is 0 Å². The molecule has 1 aliphatic rings. The molecule has 0 spiro atoms. The molecule has 2 aromatic rings. The Morgan fingerprint density at radius 2 is 2.04 bits per heavy atom. The minimum Gasteiger partial charge on any atom is -0.329 e. The van der Waals surface area contributed by atoms with Crippen molar-refractivity contribution in [2.45, 2.75) is 44.8 Å². The first-order valence-corrected chi connectivity index (χ1v) is 8.47. The molecular formula is C17H19F3N4O2. The molecule has 3 rings (SSSR count). The molecule has 0 atom stereocenters. The number of rotatable bonds is 4. The number of aromatic amines is 1. The molecule has 9 heteroatoms. The summed E-state index contributed by atoms with van der Waals surface area (Å²) in [7, 11) is 0. The van der Waals surface area contributed by atoms with Gasteiger partial charge in [0.1, 0.15) is 11.3 Å². The summed E-state index contributed by atoms with van der Waals surface area (Å²) in [5.74, 6) is -0.730. The summed E-state index contributed by atoms with van der Waals surface area (Å²) in [5.41, 5.74) is -1.94. The second-order valence-electron chi connectivity index (χ2n) is 6.49. The zero-order valence-corrected chi connectivity index (χ0v) is 14.0. The number of nitrogens with one attached hydrogen (secondary N) is 2. The fourth-order valence-electron chi connectivity index (χ4n) is 3.30. The molecule has 0 unspecified atom stereocenters. The van der Waals surface area contributed by atoms with Gasteiger partial charge in [0.15, 0.2) is 0 Å². The molecule has 0 saturated heterocycles. The average Bonchev–Trinajstić information content (AvgIpc) is 3.00. The van der Waals surface area contributed by atoms with Crippen LogP contribution in [0.3, 0.4) is 0 Å². The lowest BCUT2D eigenvalue weighted by Crippen LogP contribution is -2.25. The number of hydrogen-bond acceptors (Lipinski definition) is 3. The number of anilines is 1. The molecule has 1 aliphatic carbocycles. The Bertz CT molecular complexity index is 835. The van der Waals surface area contributed by atoms with Crippen LogP contribution in [-0.4, -0.2) is 20.7 Å². The van der Waals surface area contributed by atoms with Crippen LogP contribution in [0.4, 0.5) is 18.9 Å². The molecule has 140 valence electrons. The van der Waals surface area contributed by atoms with Gasteiger partial charge in [-0.05, 0) is 24.8 Å². The number of aromatic nitrogens is 3. The maximum Gasteiger partial charge on any atom is 0.420 e. The molecule has 2 aromatic heterocycles. The van der Waals surface area contributed by atoms with Crippen LogP contribution in [0.15, 0.2) is 29.3 Å². The summed E-state index contributed by atoms with van der Waals surface area (Å²) >= 11 is 0. The standard InChI is InChI=1S/C17H19F3N4O2/c18-17(19,20)13-9-22-24(10-11-4-2-1-3-5-11)15(13)16(26)23-12-6-7-21-14(25)8-12/h6-9,11H,1-5,10H2,(H2,21,23,25,26). The smallest absolute Gasteiger partial charge is 0.329 e. The normalized spacial score (nSPS) is 15.8. The van der Waals surface area contributed by atoms with Crippen molar-refractivity contribution < 1.29 is 18.0 Å². The van der Waals surface area contributed by atoms with E-state index in [0.29, 0.717) is 6.20 Å². The van der Waals surface area contributed by atoms with Crippen LogP contribution in [0.2, 0.25) is 0 Å². The first-order chi connectivity index (χ1) is 12.3. The van der Waals surface area contributed by atoms with E-state index in [-0.39, 0.29) is 18.2 Å². The van der Waals surface area contributed by atoms with E-state index in [2.05, 4.69) is 15.4 Å². The predicted molar refractivity (Wildman–Crippen MR) is 88.8 cm³/mol. The van der Waals surface area contributed by atoms with Crippen LogP contribution in [0, 0.1) is 5.92 Å². The van der Waals surface area contributed by atoms with Crippen molar-refractivity contribution in [2.24, 2.45) is 5.92 Å². The van der Waals surface area contributed by atoms with Gasteiger partial charge in [-0.3, -0.25) is 14.3 Å². The van der Waals surface area contributed by atoms with Gasteiger partial charge < -0.3 is 10.3 Å². The molecule has 26 heavy (non-hydrogen) atoms. The van der Waals surface area contributed by atoms with Gasteiger partial charge >= 0.3 is 6.18 Å². The van der Waals surface area contributed by atoms with E-state index in [9.17, 15) is 22.8 Å². The van der Waals surface area contributed by atoms with Crippen LogP contribution < -0.4 is 10.9 Å². The van der Waals surface area contributed by atoms with Gasteiger partial charge in [0, 0.05) is 24.5 Å². The van der Waals surface area contributed by atoms with Gasteiger partial charge in [-0.25, -0.2) is 0 Å². The molecule has 1 saturated carbocycles. The van der Waals surface area contributed by atoms with E-state index in [4.69, 9.17) is 0 Å². The SMILES string of the molecule is O=C(Nc1cc[nH]c(=O)c1)c1c(C(F)(F)F)cnn1CC1CCCCC1. The van der Waals surface area contributed by atoms with Crippen LogP contribution in [0.25, 0.3) is 0 Å². The van der Waals surface area contributed by atoms with Crippen LogP contribution in [0.1, 0.15) is 48.2 Å². The number of alkyl halides is 3. The molecule has 0 aliphatic heterocycles. The highest BCUT2D eigenvalue weighted by molar-refractivity contribution is 6.04. The Balaban J connectivity index is 1.90. The quantitative estimate of drug-likeness (QED) is 0.868. The molecule has 2 N–H and O–H groups in total. The van der Waals surface area contributed by atoms with E-state index in [1.54, 1.807) is 0 Å². The third kappa shape index (κ3) is 4.14. The lowest BCUT2D eigenvalue weighted by atomic mass is 9.89. The number of hydrogen-bond donors (Lipinski definition) is 2. The lowest BCUT2D eigenvalue weighted by Gasteiger charge is -2.22. The molecular weight excluding hydrogens is 349 g/mol. The lowest BCUT2D eigenvalue weighted by molar-refractivity contribution is -0.138.